The molecule has 0 bridgehead atoms. The molecule has 1 heterocycles. The Morgan fingerprint density at radius 3 is 2.41 bits per heavy atom. The minimum atomic E-state index is -0.238. The van der Waals surface area contributed by atoms with E-state index in [1.807, 2.05) is 6.92 Å². The van der Waals surface area contributed by atoms with Crippen LogP contribution in [0.25, 0.3) is 0 Å². The number of piperidine rings is 1. The number of primary amides is 1. The van der Waals surface area contributed by atoms with Gasteiger partial charge in [0.1, 0.15) is 0 Å². The third kappa shape index (κ3) is 4.64. The van der Waals surface area contributed by atoms with Crippen LogP contribution in [0.3, 0.4) is 0 Å². The molecule has 0 aromatic heterocycles. The molecule has 1 unspecified atom stereocenters. The molecule has 0 aromatic carbocycles. The number of hydrogen-bond acceptors (Lipinski definition) is 3. The number of nitrogens with two attached hydrogens (primary N) is 1. The lowest BCUT2D eigenvalue weighted by molar-refractivity contribution is -0.120. The molecule has 1 saturated heterocycles. The molecule has 17 heavy (non-hydrogen) atoms. The van der Waals surface area contributed by atoms with Crippen molar-refractivity contribution in [2.45, 2.75) is 39.7 Å². The van der Waals surface area contributed by atoms with Crippen molar-refractivity contribution in [3.05, 3.63) is 0 Å². The van der Waals surface area contributed by atoms with Gasteiger partial charge < -0.3 is 16.0 Å². The van der Waals surface area contributed by atoms with E-state index in [2.05, 4.69) is 24.1 Å². The zero-order chi connectivity index (χ0) is 12.8. The maximum atomic E-state index is 11.3. The van der Waals surface area contributed by atoms with Gasteiger partial charge in [0.2, 0.25) is 5.91 Å². The van der Waals surface area contributed by atoms with Gasteiger partial charge in [0.25, 0.3) is 0 Å². The SMILES string of the molecule is CCNC(CN1CCC(C(C)C)CC1)C(N)=O. The van der Waals surface area contributed by atoms with Crippen molar-refractivity contribution in [2.75, 3.05) is 26.2 Å². The van der Waals surface area contributed by atoms with Gasteiger partial charge >= 0.3 is 0 Å². The van der Waals surface area contributed by atoms with Gasteiger partial charge in [-0.25, -0.2) is 0 Å². The summed E-state index contributed by atoms with van der Waals surface area (Å²) in [6.45, 7) is 10.3. The molecule has 0 aliphatic carbocycles. The van der Waals surface area contributed by atoms with Crippen LogP contribution >= 0.6 is 0 Å². The summed E-state index contributed by atoms with van der Waals surface area (Å²) in [5.74, 6) is 1.38. The van der Waals surface area contributed by atoms with Crippen molar-refractivity contribution in [1.82, 2.24) is 10.2 Å². The second-order valence-corrected chi connectivity index (χ2v) is 5.39. The molecule has 100 valence electrons. The maximum absolute atomic E-state index is 11.3. The Labute approximate surface area is 105 Å². The molecule has 0 radical (unpaired) electrons. The number of rotatable bonds is 6. The minimum absolute atomic E-state index is 0.199. The lowest BCUT2D eigenvalue weighted by atomic mass is 9.86. The normalized spacial score (nSPS) is 20.7. The molecule has 1 atom stereocenters. The number of likely N-dealkylation sites (N-methyl/N-ethyl adjacent to an activating group) is 1. The van der Waals surface area contributed by atoms with Crippen molar-refractivity contribution in [2.24, 2.45) is 17.6 Å². The zero-order valence-electron chi connectivity index (χ0n) is 11.4. The predicted molar refractivity (Wildman–Crippen MR) is 70.7 cm³/mol. The molecule has 1 amide bonds. The summed E-state index contributed by atoms with van der Waals surface area (Å²) in [4.78, 5) is 13.6. The highest BCUT2D eigenvalue weighted by Crippen LogP contribution is 2.24. The Bertz CT molecular complexity index is 235. The molecule has 0 aromatic rings. The first-order chi connectivity index (χ1) is 8.04. The molecule has 1 rings (SSSR count). The van der Waals surface area contributed by atoms with E-state index in [0.717, 1.165) is 38.0 Å². The molecule has 3 N–H and O–H groups in total. The molecular weight excluding hydrogens is 214 g/mol. The number of likely N-dealkylation sites (tertiary alicyclic amines) is 1. The van der Waals surface area contributed by atoms with E-state index in [-0.39, 0.29) is 11.9 Å². The summed E-state index contributed by atoms with van der Waals surface area (Å²) < 4.78 is 0. The van der Waals surface area contributed by atoms with E-state index in [1.165, 1.54) is 12.8 Å². The van der Waals surface area contributed by atoms with Crippen LogP contribution in [0, 0.1) is 11.8 Å². The number of nitrogens with zero attached hydrogens (tertiary/aromatic N) is 1. The highest BCUT2D eigenvalue weighted by molar-refractivity contribution is 5.80. The molecule has 4 heteroatoms. The van der Waals surface area contributed by atoms with Crippen molar-refractivity contribution in [3.8, 4) is 0 Å². The van der Waals surface area contributed by atoms with Gasteiger partial charge in [-0.15, -0.1) is 0 Å². The van der Waals surface area contributed by atoms with E-state index < -0.39 is 0 Å². The van der Waals surface area contributed by atoms with E-state index in [9.17, 15) is 4.79 Å². The van der Waals surface area contributed by atoms with Gasteiger partial charge in [0.15, 0.2) is 0 Å². The second kappa shape index (κ2) is 6.97. The minimum Gasteiger partial charge on any atom is -0.368 e. The van der Waals surface area contributed by atoms with E-state index in [4.69, 9.17) is 5.73 Å². The average Bonchev–Trinajstić information content (AvgIpc) is 2.29. The van der Waals surface area contributed by atoms with Gasteiger partial charge in [-0.3, -0.25) is 4.79 Å². The Morgan fingerprint density at radius 1 is 1.41 bits per heavy atom. The summed E-state index contributed by atoms with van der Waals surface area (Å²) in [7, 11) is 0. The zero-order valence-corrected chi connectivity index (χ0v) is 11.4. The molecule has 1 fully saturated rings. The highest BCUT2D eigenvalue weighted by atomic mass is 16.1. The standard InChI is InChI=1S/C13H27N3O/c1-4-15-12(13(14)17)9-16-7-5-11(6-8-16)10(2)3/h10-12,15H,4-9H2,1-3H3,(H2,14,17). The Morgan fingerprint density at radius 2 is 2.00 bits per heavy atom. The smallest absolute Gasteiger partial charge is 0.235 e. The van der Waals surface area contributed by atoms with Crippen molar-refractivity contribution in [3.63, 3.8) is 0 Å². The third-order valence-electron chi connectivity index (χ3n) is 3.81. The lowest BCUT2D eigenvalue weighted by Gasteiger charge is -2.35. The van der Waals surface area contributed by atoms with Gasteiger partial charge in [0.05, 0.1) is 6.04 Å². The van der Waals surface area contributed by atoms with Crippen LogP contribution < -0.4 is 11.1 Å². The van der Waals surface area contributed by atoms with Crippen LogP contribution in [-0.4, -0.2) is 43.0 Å². The van der Waals surface area contributed by atoms with Crippen molar-refractivity contribution >= 4 is 5.91 Å². The largest absolute Gasteiger partial charge is 0.368 e. The molecule has 1 aliphatic heterocycles. The number of carbonyl (C=O) groups excluding carboxylic acids is 1. The number of nitrogens with one attached hydrogen (secondary N) is 1. The summed E-state index contributed by atoms with van der Waals surface area (Å²) in [5, 5.41) is 3.15. The number of carbonyl (C=O) groups is 1. The summed E-state index contributed by atoms with van der Waals surface area (Å²) in [5.41, 5.74) is 5.39. The number of hydrogen-bond donors (Lipinski definition) is 2. The van der Waals surface area contributed by atoms with Crippen molar-refractivity contribution in [1.29, 1.82) is 0 Å². The predicted octanol–water partition coefficient (Wildman–Crippen LogP) is 0.818. The molecule has 0 spiro atoms. The molecule has 4 nitrogen and oxygen atoms in total. The van der Waals surface area contributed by atoms with E-state index in [0.29, 0.717) is 0 Å². The molecular formula is C13H27N3O. The molecule has 1 aliphatic rings. The Balaban J connectivity index is 2.35. The summed E-state index contributed by atoms with van der Waals surface area (Å²) in [6, 6.07) is -0.199. The summed E-state index contributed by atoms with van der Waals surface area (Å²) >= 11 is 0. The fraction of sp³-hybridized carbons (Fsp3) is 0.923. The van der Waals surface area contributed by atoms with Crippen LogP contribution in [0.2, 0.25) is 0 Å². The van der Waals surface area contributed by atoms with E-state index >= 15 is 0 Å². The Kier molecular flexibility index (Phi) is 5.92. The van der Waals surface area contributed by atoms with Gasteiger partial charge in [-0.1, -0.05) is 20.8 Å². The first-order valence-electron chi connectivity index (χ1n) is 6.79. The monoisotopic (exact) mass is 241 g/mol. The van der Waals surface area contributed by atoms with Crippen LogP contribution in [0.1, 0.15) is 33.6 Å². The highest BCUT2D eigenvalue weighted by Gasteiger charge is 2.24. The van der Waals surface area contributed by atoms with Crippen LogP contribution in [-0.2, 0) is 4.79 Å². The first-order valence-corrected chi connectivity index (χ1v) is 6.79. The Hall–Kier alpha value is -0.610. The average molecular weight is 241 g/mol. The van der Waals surface area contributed by atoms with E-state index in [1.54, 1.807) is 0 Å². The van der Waals surface area contributed by atoms with Gasteiger partial charge in [0, 0.05) is 6.54 Å². The fourth-order valence-electron chi connectivity index (χ4n) is 2.56. The van der Waals surface area contributed by atoms with Crippen molar-refractivity contribution < 1.29 is 4.79 Å². The summed E-state index contributed by atoms with van der Waals surface area (Å²) in [6.07, 6.45) is 2.49. The van der Waals surface area contributed by atoms with Crippen LogP contribution in [0.4, 0.5) is 0 Å². The first kappa shape index (κ1) is 14.5. The van der Waals surface area contributed by atoms with Gasteiger partial charge in [-0.05, 0) is 44.3 Å². The number of amides is 1. The quantitative estimate of drug-likeness (QED) is 0.724. The van der Waals surface area contributed by atoms with Crippen LogP contribution in [0.5, 0.6) is 0 Å². The van der Waals surface area contributed by atoms with Gasteiger partial charge in [-0.2, -0.15) is 0 Å². The maximum Gasteiger partial charge on any atom is 0.235 e. The second-order valence-electron chi connectivity index (χ2n) is 5.39. The fourth-order valence-corrected chi connectivity index (χ4v) is 2.56. The topological polar surface area (TPSA) is 58.4 Å². The molecule has 0 saturated carbocycles. The van der Waals surface area contributed by atoms with Crippen LogP contribution in [0.15, 0.2) is 0 Å². The third-order valence-corrected chi connectivity index (χ3v) is 3.81. The lowest BCUT2D eigenvalue weighted by Crippen LogP contribution is -2.50.